The van der Waals surface area contributed by atoms with Gasteiger partial charge in [0.25, 0.3) is 5.56 Å². The zero-order valence-corrected chi connectivity index (χ0v) is 14.1. The van der Waals surface area contributed by atoms with E-state index in [1.54, 1.807) is 13.8 Å². The van der Waals surface area contributed by atoms with Gasteiger partial charge >= 0.3 is 5.97 Å². The first-order valence-corrected chi connectivity index (χ1v) is 8.10. The Bertz CT molecular complexity index is 801. The molecule has 3 N–H and O–H groups in total. The van der Waals surface area contributed by atoms with Crippen LogP contribution in [0, 0.1) is 12.8 Å². The highest BCUT2D eigenvalue weighted by atomic mass is 16.5. The van der Waals surface area contributed by atoms with Crippen molar-refractivity contribution >= 4 is 5.97 Å². The Balaban J connectivity index is 2.20. The van der Waals surface area contributed by atoms with Gasteiger partial charge in [-0.2, -0.15) is 0 Å². The topological polar surface area (TPSA) is 95.2 Å². The first-order chi connectivity index (χ1) is 11.3. The highest BCUT2D eigenvalue weighted by Gasteiger charge is 2.51. The lowest BCUT2D eigenvalue weighted by molar-refractivity contribution is -0.159. The summed E-state index contributed by atoms with van der Waals surface area (Å²) in [7, 11) is 0. The number of nitrogens with one attached hydrogen (secondary N) is 2. The summed E-state index contributed by atoms with van der Waals surface area (Å²) in [6, 6.07) is 7.65. The van der Waals surface area contributed by atoms with Crippen molar-refractivity contribution in [3.8, 4) is 0 Å². The smallest absolute Gasteiger partial charge is 0.312 e. The number of H-pyrrole nitrogens is 2. The normalized spacial score (nSPS) is 26.0. The zero-order valence-electron chi connectivity index (χ0n) is 14.1. The number of fused-ring (bicyclic) bond motifs is 1. The van der Waals surface area contributed by atoms with Gasteiger partial charge in [-0.25, -0.2) is 0 Å². The van der Waals surface area contributed by atoms with Crippen LogP contribution >= 0.6 is 0 Å². The predicted molar refractivity (Wildman–Crippen MR) is 88.9 cm³/mol. The molecular weight excluding hydrogens is 308 g/mol. The van der Waals surface area contributed by atoms with E-state index in [9.17, 15) is 14.7 Å². The lowest BCUT2D eigenvalue weighted by atomic mass is 9.66. The number of benzene rings is 1. The number of carbonyl (C=O) groups excluding carboxylic acids is 1. The lowest BCUT2D eigenvalue weighted by Gasteiger charge is -2.40. The summed E-state index contributed by atoms with van der Waals surface area (Å²) in [6.07, 6.45) is 0.187. The maximum atomic E-state index is 12.6. The summed E-state index contributed by atoms with van der Waals surface area (Å²) in [6.45, 7) is 5.54. The van der Waals surface area contributed by atoms with E-state index in [1.807, 2.05) is 31.2 Å². The third kappa shape index (κ3) is 2.67. The van der Waals surface area contributed by atoms with Crippen molar-refractivity contribution in [2.75, 3.05) is 6.61 Å². The van der Waals surface area contributed by atoms with Crippen molar-refractivity contribution in [3.63, 3.8) is 0 Å². The number of hydrogen-bond acceptors (Lipinski definition) is 4. The zero-order chi connectivity index (χ0) is 17.5. The molecule has 0 radical (unpaired) electrons. The number of aliphatic hydroxyl groups is 1. The van der Waals surface area contributed by atoms with E-state index >= 15 is 0 Å². The molecule has 24 heavy (non-hydrogen) atoms. The first kappa shape index (κ1) is 16.5. The number of carbonyl (C=O) groups is 1. The number of aryl methyl sites for hydroxylation is 1. The Morgan fingerprint density at radius 1 is 1.33 bits per heavy atom. The van der Waals surface area contributed by atoms with Crippen LogP contribution in [-0.2, 0) is 16.0 Å². The molecule has 6 nitrogen and oxygen atoms in total. The Morgan fingerprint density at radius 3 is 2.62 bits per heavy atom. The van der Waals surface area contributed by atoms with Crippen molar-refractivity contribution in [3.05, 3.63) is 57.0 Å². The molecule has 0 saturated heterocycles. The van der Waals surface area contributed by atoms with Crippen molar-refractivity contribution in [2.45, 2.75) is 38.7 Å². The quantitative estimate of drug-likeness (QED) is 0.746. The van der Waals surface area contributed by atoms with Crippen LogP contribution in [0.5, 0.6) is 0 Å². The maximum absolute atomic E-state index is 12.6. The average molecular weight is 330 g/mol. The Hall–Kier alpha value is -2.34. The van der Waals surface area contributed by atoms with E-state index in [1.165, 1.54) is 0 Å². The monoisotopic (exact) mass is 330 g/mol. The van der Waals surface area contributed by atoms with Crippen LogP contribution in [0.4, 0.5) is 0 Å². The minimum absolute atomic E-state index is 0.187. The number of aromatic amines is 2. The van der Waals surface area contributed by atoms with Gasteiger partial charge in [0.15, 0.2) is 0 Å². The number of aromatic nitrogens is 2. The molecule has 1 aliphatic rings. The number of esters is 1. The second-order valence-corrected chi connectivity index (χ2v) is 6.62. The van der Waals surface area contributed by atoms with Crippen LogP contribution in [0.15, 0.2) is 29.1 Å². The van der Waals surface area contributed by atoms with Crippen LogP contribution in [-0.4, -0.2) is 33.5 Å². The van der Waals surface area contributed by atoms with Crippen molar-refractivity contribution in [2.24, 2.45) is 5.92 Å². The van der Waals surface area contributed by atoms with Gasteiger partial charge < -0.3 is 14.9 Å². The van der Waals surface area contributed by atoms with Gasteiger partial charge in [-0.3, -0.25) is 14.7 Å². The fraction of sp³-hybridized carbons (Fsp3) is 0.444. The molecule has 1 aromatic heterocycles. The highest BCUT2D eigenvalue weighted by Crippen LogP contribution is 2.44. The Morgan fingerprint density at radius 2 is 2.00 bits per heavy atom. The summed E-state index contributed by atoms with van der Waals surface area (Å²) < 4.78 is 5.20. The van der Waals surface area contributed by atoms with Gasteiger partial charge in [0.1, 0.15) is 0 Å². The molecule has 1 aromatic carbocycles. The molecule has 6 heteroatoms. The molecule has 3 unspecified atom stereocenters. The van der Waals surface area contributed by atoms with Gasteiger partial charge in [0.2, 0.25) is 0 Å². The maximum Gasteiger partial charge on any atom is 0.312 e. The highest BCUT2D eigenvalue weighted by molar-refractivity contribution is 5.77. The van der Waals surface area contributed by atoms with Gasteiger partial charge in [0, 0.05) is 23.6 Å². The average Bonchev–Trinajstić information content (AvgIpc) is 2.86. The van der Waals surface area contributed by atoms with E-state index in [0.29, 0.717) is 11.3 Å². The second kappa shape index (κ2) is 5.94. The molecule has 0 bridgehead atoms. The molecule has 128 valence electrons. The molecule has 0 fully saturated rings. The van der Waals surface area contributed by atoms with Gasteiger partial charge in [-0.15, -0.1) is 0 Å². The van der Waals surface area contributed by atoms with Crippen LogP contribution in [0.1, 0.15) is 42.1 Å². The third-order valence-corrected chi connectivity index (χ3v) is 4.72. The summed E-state index contributed by atoms with van der Waals surface area (Å²) >= 11 is 0. The molecule has 3 rings (SSSR count). The summed E-state index contributed by atoms with van der Waals surface area (Å²) in [5.74, 6) is -1.89. The van der Waals surface area contributed by atoms with Gasteiger partial charge in [-0.05, 0) is 26.3 Å². The molecule has 1 aliphatic carbocycles. The standard InChI is InChI=1S/C18H22N2O4/c1-4-24-17(22)15-13(11-7-5-10(2)6-8-11)14-12(9-18(15,3)23)19-20-16(14)21/h5-8,13,15,23H,4,9H2,1-3H3,(H2,19,20,21). The van der Waals surface area contributed by atoms with Crippen LogP contribution < -0.4 is 5.56 Å². The van der Waals surface area contributed by atoms with E-state index in [2.05, 4.69) is 10.2 Å². The molecule has 3 atom stereocenters. The van der Waals surface area contributed by atoms with Gasteiger partial charge in [-0.1, -0.05) is 29.8 Å². The first-order valence-electron chi connectivity index (χ1n) is 8.10. The second-order valence-electron chi connectivity index (χ2n) is 6.62. The van der Waals surface area contributed by atoms with Crippen LogP contribution in [0.3, 0.4) is 0 Å². The molecule has 0 saturated carbocycles. The number of rotatable bonds is 3. The molecule has 1 heterocycles. The summed E-state index contributed by atoms with van der Waals surface area (Å²) in [5, 5.41) is 16.3. The fourth-order valence-corrected chi connectivity index (χ4v) is 3.62. The SMILES string of the molecule is CCOC(=O)C1C(c2ccc(C)cc2)c2c([nH][nH]c2=O)CC1(C)O. The largest absolute Gasteiger partial charge is 0.466 e. The van der Waals surface area contributed by atoms with E-state index in [4.69, 9.17) is 4.74 Å². The molecular formula is C18H22N2O4. The number of ether oxygens (including phenoxy) is 1. The van der Waals surface area contributed by atoms with Crippen molar-refractivity contribution in [1.82, 2.24) is 10.2 Å². The summed E-state index contributed by atoms with van der Waals surface area (Å²) in [5.41, 5.74) is 1.45. The van der Waals surface area contributed by atoms with Crippen molar-refractivity contribution in [1.29, 1.82) is 0 Å². The molecule has 2 aromatic rings. The van der Waals surface area contributed by atoms with Crippen LogP contribution in [0.2, 0.25) is 0 Å². The Kier molecular flexibility index (Phi) is 4.09. The van der Waals surface area contributed by atoms with Crippen LogP contribution in [0.25, 0.3) is 0 Å². The van der Waals surface area contributed by atoms with E-state index in [-0.39, 0.29) is 18.6 Å². The number of hydrogen-bond donors (Lipinski definition) is 3. The summed E-state index contributed by atoms with van der Waals surface area (Å²) in [4.78, 5) is 24.9. The molecule has 0 amide bonds. The predicted octanol–water partition coefficient (Wildman–Crippen LogP) is 1.63. The molecule has 0 aliphatic heterocycles. The van der Waals surface area contributed by atoms with E-state index in [0.717, 1.165) is 11.1 Å². The molecule has 0 spiro atoms. The van der Waals surface area contributed by atoms with Gasteiger partial charge in [0.05, 0.1) is 18.1 Å². The van der Waals surface area contributed by atoms with E-state index < -0.39 is 23.4 Å². The lowest BCUT2D eigenvalue weighted by Crippen LogP contribution is -2.50. The van der Waals surface area contributed by atoms with Crippen molar-refractivity contribution < 1.29 is 14.6 Å². The third-order valence-electron chi connectivity index (χ3n) is 4.72. The Labute approximate surface area is 139 Å². The fourth-order valence-electron chi connectivity index (χ4n) is 3.62. The minimum atomic E-state index is -1.32. The minimum Gasteiger partial charge on any atom is -0.466 e.